The number of amides is 1. The molecule has 7 heteroatoms. The highest BCUT2D eigenvalue weighted by Crippen LogP contribution is 2.20. The third-order valence-corrected chi connectivity index (χ3v) is 5.83. The van der Waals surface area contributed by atoms with Gasteiger partial charge in [-0.25, -0.2) is 12.8 Å². The van der Waals surface area contributed by atoms with Gasteiger partial charge in [-0.15, -0.1) is 0 Å². The molecule has 0 spiro atoms. The van der Waals surface area contributed by atoms with E-state index in [0.29, 0.717) is 26.2 Å². The highest BCUT2D eigenvalue weighted by atomic mass is 32.2. The minimum Gasteiger partial charge on any atom is -0.339 e. The van der Waals surface area contributed by atoms with E-state index in [1.54, 1.807) is 18.7 Å². The molecule has 0 aliphatic heterocycles. The number of carbonyl (C=O) groups is 1. The fourth-order valence-corrected chi connectivity index (χ4v) is 4.05. The van der Waals surface area contributed by atoms with Gasteiger partial charge in [0.2, 0.25) is 10.0 Å². The van der Waals surface area contributed by atoms with Crippen molar-refractivity contribution in [3.05, 3.63) is 29.6 Å². The number of halogens is 1. The van der Waals surface area contributed by atoms with Gasteiger partial charge < -0.3 is 4.90 Å². The van der Waals surface area contributed by atoms with Crippen molar-refractivity contribution in [3.63, 3.8) is 0 Å². The van der Waals surface area contributed by atoms with Crippen LogP contribution in [0.2, 0.25) is 0 Å². The lowest BCUT2D eigenvalue weighted by Gasteiger charge is -2.23. The Balaban J connectivity index is 3.29. The Morgan fingerprint density at radius 1 is 1.04 bits per heavy atom. The molecular formula is C17H27FN2O3S. The number of hydrogen-bond acceptors (Lipinski definition) is 3. The van der Waals surface area contributed by atoms with Crippen LogP contribution >= 0.6 is 0 Å². The maximum Gasteiger partial charge on any atom is 0.256 e. The van der Waals surface area contributed by atoms with E-state index in [-0.39, 0.29) is 10.5 Å². The predicted octanol–water partition coefficient (Wildman–Crippen LogP) is 3.12. The van der Waals surface area contributed by atoms with Gasteiger partial charge in [0, 0.05) is 26.2 Å². The molecule has 0 aliphatic rings. The first-order chi connectivity index (χ1) is 11.3. The first-order valence-corrected chi connectivity index (χ1v) is 9.86. The average molecular weight is 358 g/mol. The summed E-state index contributed by atoms with van der Waals surface area (Å²) in [6, 6.07) is 3.42. The van der Waals surface area contributed by atoms with Crippen LogP contribution in [0.25, 0.3) is 0 Å². The molecular weight excluding hydrogens is 331 g/mol. The first kappa shape index (κ1) is 20.6. The molecule has 1 aromatic rings. The normalized spacial score (nSPS) is 11.8. The summed E-state index contributed by atoms with van der Waals surface area (Å²) in [5.41, 5.74) is -0.190. The van der Waals surface area contributed by atoms with Crippen molar-refractivity contribution < 1.29 is 17.6 Å². The smallest absolute Gasteiger partial charge is 0.256 e. The predicted molar refractivity (Wildman–Crippen MR) is 93.0 cm³/mol. The van der Waals surface area contributed by atoms with E-state index >= 15 is 0 Å². The maximum absolute atomic E-state index is 14.2. The number of benzene rings is 1. The van der Waals surface area contributed by atoms with Crippen LogP contribution in [0.1, 0.15) is 50.9 Å². The van der Waals surface area contributed by atoms with Gasteiger partial charge in [0.1, 0.15) is 5.82 Å². The highest BCUT2D eigenvalue weighted by molar-refractivity contribution is 7.89. The van der Waals surface area contributed by atoms with Crippen molar-refractivity contribution in [2.75, 3.05) is 26.2 Å². The summed E-state index contributed by atoms with van der Waals surface area (Å²) in [6.07, 6.45) is 1.51. The second-order valence-corrected chi connectivity index (χ2v) is 7.46. The van der Waals surface area contributed by atoms with Gasteiger partial charge in [-0.1, -0.05) is 27.7 Å². The van der Waals surface area contributed by atoms with Gasteiger partial charge in [-0.05, 0) is 31.0 Å². The zero-order valence-electron chi connectivity index (χ0n) is 14.9. The Hall–Kier alpha value is -1.47. The number of nitrogens with zero attached hydrogens (tertiary/aromatic N) is 2. The van der Waals surface area contributed by atoms with Crippen LogP contribution in [0.15, 0.2) is 23.1 Å². The Kier molecular flexibility index (Phi) is 7.83. The van der Waals surface area contributed by atoms with Crippen LogP contribution in [0, 0.1) is 5.82 Å². The number of sulfonamides is 1. The minimum absolute atomic E-state index is 0.0519. The SMILES string of the molecule is CCCN(CCC)C(=O)c1cc(S(=O)(=O)N(CC)CC)ccc1F. The van der Waals surface area contributed by atoms with E-state index in [4.69, 9.17) is 0 Å². The third-order valence-electron chi connectivity index (χ3n) is 3.79. The van der Waals surface area contributed by atoms with Crippen molar-refractivity contribution in [2.45, 2.75) is 45.4 Å². The van der Waals surface area contributed by atoms with Gasteiger partial charge in [0.25, 0.3) is 5.91 Å². The van der Waals surface area contributed by atoms with Crippen molar-refractivity contribution in [1.82, 2.24) is 9.21 Å². The molecule has 0 N–H and O–H groups in total. The molecule has 1 rings (SSSR count). The molecule has 5 nitrogen and oxygen atoms in total. The Bertz CT molecular complexity index is 652. The van der Waals surface area contributed by atoms with Crippen molar-refractivity contribution >= 4 is 15.9 Å². The van der Waals surface area contributed by atoms with Crippen LogP contribution in [0.5, 0.6) is 0 Å². The quantitative estimate of drug-likeness (QED) is 0.681. The molecule has 0 bridgehead atoms. The molecule has 24 heavy (non-hydrogen) atoms. The summed E-state index contributed by atoms with van der Waals surface area (Å²) in [6.45, 7) is 9.01. The summed E-state index contributed by atoms with van der Waals surface area (Å²) in [5.74, 6) is -1.16. The standard InChI is InChI=1S/C17H27FN2O3S/c1-5-11-19(12-6-2)17(21)15-13-14(9-10-16(15)18)24(22,23)20(7-3)8-4/h9-10,13H,5-8,11-12H2,1-4H3. The van der Waals surface area contributed by atoms with E-state index in [9.17, 15) is 17.6 Å². The molecule has 0 saturated heterocycles. The van der Waals surface area contributed by atoms with Crippen LogP contribution in [0.4, 0.5) is 4.39 Å². The molecule has 0 fully saturated rings. The topological polar surface area (TPSA) is 57.7 Å². The molecule has 0 aliphatic carbocycles. The number of hydrogen-bond donors (Lipinski definition) is 0. The van der Waals surface area contributed by atoms with E-state index in [2.05, 4.69) is 0 Å². The lowest BCUT2D eigenvalue weighted by molar-refractivity contribution is 0.0750. The largest absolute Gasteiger partial charge is 0.339 e. The molecule has 0 aromatic heterocycles. The summed E-state index contributed by atoms with van der Waals surface area (Å²) < 4.78 is 40.6. The minimum atomic E-state index is -3.73. The highest BCUT2D eigenvalue weighted by Gasteiger charge is 2.25. The number of carbonyl (C=O) groups excluding carboxylic acids is 1. The van der Waals surface area contributed by atoms with Crippen LogP contribution < -0.4 is 0 Å². The molecule has 0 saturated carbocycles. The monoisotopic (exact) mass is 358 g/mol. The molecule has 1 aromatic carbocycles. The molecule has 0 atom stereocenters. The van der Waals surface area contributed by atoms with Crippen LogP contribution in [0.3, 0.4) is 0 Å². The summed E-state index contributed by atoms with van der Waals surface area (Å²) in [4.78, 5) is 14.1. The third kappa shape index (κ3) is 4.54. The van der Waals surface area contributed by atoms with Gasteiger partial charge in [-0.3, -0.25) is 4.79 Å². The van der Waals surface area contributed by atoms with Gasteiger partial charge >= 0.3 is 0 Å². The van der Waals surface area contributed by atoms with Gasteiger partial charge in [0.15, 0.2) is 0 Å². The lowest BCUT2D eigenvalue weighted by Crippen LogP contribution is -2.34. The summed E-state index contributed by atoms with van der Waals surface area (Å²) in [7, 11) is -3.73. The van der Waals surface area contributed by atoms with Crippen molar-refractivity contribution in [1.29, 1.82) is 0 Å². The zero-order valence-corrected chi connectivity index (χ0v) is 15.7. The van der Waals surface area contributed by atoms with Gasteiger partial charge in [0.05, 0.1) is 10.5 Å². The molecule has 0 radical (unpaired) electrons. The molecule has 0 unspecified atom stereocenters. The molecule has 136 valence electrons. The Morgan fingerprint density at radius 2 is 1.58 bits per heavy atom. The fourth-order valence-electron chi connectivity index (χ4n) is 2.57. The Morgan fingerprint density at radius 3 is 2.04 bits per heavy atom. The second-order valence-electron chi connectivity index (χ2n) is 5.52. The van der Waals surface area contributed by atoms with E-state index in [1.807, 2.05) is 13.8 Å². The number of rotatable bonds is 9. The van der Waals surface area contributed by atoms with Crippen molar-refractivity contribution in [3.8, 4) is 0 Å². The van der Waals surface area contributed by atoms with E-state index < -0.39 is 21.7 Å². The molecule has 0 heterocycles. The lowest BCUT2D eigenvalue weighted by atomic mass is 10.1. The van der Waals surface area contributed by atoms with Gasteiger partial charge in [-0.2, -0.15) is 4.31 Å². The van der Waals surface area contributed by atoms with Crippen LogP contribution in [-0.2, 0) is 10.0 Å². The fraction of sp³-hybridized carbons (Fsp3) is 0.588. The van der Waals surface area contributed by atoms with E-state index in [1.165, 1.54) is 10.4 Å². The maximum atomic E-state index is 14.2. The van der Waals surface area contributed by atoms with E-state index in [0.717, 1.165) is 25.0 Å². The summed E-state index contributed by atoms with van der Waals surface area (Å²) in [5, 5.41) is 0. The van der Waals surface area contributed by atoms with Crippen LogP contribution in [-0.4, -0.2) is 49.7 Å². The first-order valence-electron chi connectivity index (χ1n) is 8.42. The van der Waals surface area contributed by atoms with Crippen molar-refractivity contribution in [2.24, 2.45) is 0 Å². The average Bonchev–Trinajstić information content (AvgIpc) is 2.55. The Labute approximate surface area is 144 Å². The second kappa shape index (κ2) is 9.13. The summed E-state index contributed by atoms with van der Waals surface area (Å²) >= 11 is 0. The molecule has 1 amide bonds. The zero-order chi connectivity index (χ0) is 18.3.